The van der Waals surface area contributed by atoms with Crippen LogP contribution in [0, 0.1) is 0 Å². The van der Waals surface area contributed by atoms with Gasteiger partial charge < -0.3 is 5.73 Å². The second-order valence-electron chi connectivity index (χ2n) is 2.80. The summed E-state index contributed by atoms with van der Waals surface area (Å²) >= 11 is 0. The van der Waals surface area contributed by atoms with E-state index in [4.69, 9.17) is 5.73 Å². The first-order chi connectivity index (χ1) is 5.65. The molecule has 1 heterocycles. The molecule has 0 saturated heterocycles. The largest absolute Gasteiger partial charge is 0.383 e. The molecular weight excluding hydrogens is 154 g/mol. The standard InChI is InChI=1S/C8H13N3O/c1-3-6(2)11-5-4-7(9)10-8(11)12/h4-6H,3H2,1-2H3,(H2,9,10,12). The summed E-state index contributed by atoms with van der Waals surface area (Å²) in [5.74, 6) is 0.277. The molecule has 0 aliphatic heterocycles. The molecule has 1 atom stereocenters. The fourth-order valence-electron chi connectivity index (χ4n) is 0.958. The van der Waals surface area contributed by atoms with E-state index in [1.807, 2.05) is 13.8 Å². The van der Waals surface area contributed by atoms with Crippen molar-refractivity contribution in [1.29, 1.82) is 0 Å². The number of rotatable bonds is 2. The van der Waals surface area contributed by atoms with Crippen molar-refractivity contribution in [2.75, 3.05) is 5.73 Å². The molecule has 1 unspecified atom stereocenters. The highest BCUT2D eigenvalue weighted by atomic mass is 16.1. The van der Waals surface area contributed by atoms with Gasteiger partial charge in [-0.25, -0.2) is 4.79 Å². The first-order valence-corrected chi connectivity index (χ1v) is 3.99. The van der Waals surface area contributed by atoms with Gasteiger partial charge in [-0.1, -0.05) is 6.92 Å². The van der Waals surface area contributed by atoms with Gasteiger partial charge in [0.2, 0.25) is 0 Å². The van der Waals surface area contributed by atoms with Crippen molar-refractivity contribution in [2.24, 2.45) is 0 Å². The summed E-state index contributed by atoms with van der Waals surface area (Å²) < 4.78 is 1.58. The summed E-state index contributed by atoms with van der Waals surface area (Å²) in [5.41, 5.74) is 5.07. The van der Waals surface area contributed by atoms with Crippen molar-refractivity contribution in [2.45, 2.75) is 26.3 Å². The van der Waals surface area contributed by atoms with Crippen molar-refractivity contribution in [3.63, 3.8) is 0 Å². The van der Waals surface area contributed by atoms with Gasteiger partial charge in [0.15, 0.2) is 0 Å². The number of nitrogens with two attached hydrogens (primary N) is 1. The van der Waals surface area contributed by atoms with Crippen molar-refractivity contribution < 1.29 is 0 Å². The highest BCUT2D eigenvalue weighted by molar-refractivity contribution is 5.23. The van der Waals surface area contributed by atoms with Gasteiger partial charge in [0.1, 0.15) is 5.82 Å². The first kappa shape index (κ1) is 8.77. The van der Waals surface area contributed by atoms with Gasteiger partial charge in [-0.3, -0.25) is 4.57 Å². The molecule has 0 aliphatic rings. The smallest absolute Gasteiger partial charge is 0.349 e. The minimum atomic E-state index is -0.274. The Kier molecular flexibility index (Phi) is 2.47. The number of anilines is 1. The Balaban J connectivity index is 3.10. The predicted molar refractivity (Wildman–Crippen MR) is 47.9 cm³/mol. The summed E-state index contributed by atoms with van der Waals surface area (Å²) in [6.45, 7) is 3.99. The van der Waals surface area contributed by atoms with Crippen LogP contribution < -0.4 is 11.4 Å². The van der Waals surface area contributed by atoms with Gasteiger partial charge in [-0.2, -0.15) is 4.98 Å². The average molecular weight is 167 g/mol. The van der Waals surface area contributed by atoms with Crippen molar-refractivity contribution in [1.82, 2.24) is 9.55 Å². The minimum absolute atomic E-state index is 0.186. The van der Waals surface area contributed by atoms with Gasteiger partial charge in [0.25, 0.3) is 0 Å². The Morgan fingerprint density at radius 1 is 1.75 bits per heavy atom. The number of nitrogens with zero attached hydrogens (tertiary/aromatic N) is 2. The molecule has 1 aromatic rings. The number of nitrogen functional groups attached to an aromatic ring is 1. The van der Waals surface area contributed by atoms with Crippen molar-refractivity contribution >= 4 is 5.82 Å². The first-order valence-electron chi connectivity index (χ1n) is 3.99. The Morgan fingerprint density at radius 2 is 2.42 bits per heavy atom. The molecule has 0 aromatic carbocycles. The third-order valence-electron chi connectivity index (χ3n) is 1.92. The maximum Gasteiger partial charge on any atom is 0.349 e. The highest BCUT2D eigenvalue weighted by Crippen LogP contribution is 2.05. The molecule has 0 amide bonds. The Hall–Kier alpha value is -1.32. The number of hydrogen-bond acceptors (Lipinski definition) is 3. The highest BCUT2D eigenvalue weighted by Gasteiger charge is 2.03. The van der Waals surface area contributed by atoms with E-state index in [1.165, 1.54) is 0 Å². The third kappa shape index (κ3) is 1.64. The Labute approximate surface area is 71.0 Å². The summed E-state index contributed by atoms with van der Waals surface area (Å²) in [4.78, 5) is 14.8. The fraction of sp³-hybridized carbons (Fsp3) is 0.500. The number of aromatic nitrogens is 2. The molecule has 0 bridgehead atoms. The predicted octanol–water partition coefficient (Wildman–Crippen LogP) is 0.796. The molecule has 0 radical (unpaired) electrons. The van der Waals surface area contributed by atoms with Crippen LogP contribution in [0.5, 0.6) is 0 Å². The van der Waals surface area contributed by atoms with E-state index in [2.05, 4.69) is 4.98 Å². The summed E-state index contributed by atoms with van der Waals surface area (Å²) in [7, 11) is 0. The molecule has 0 saturated carbocycles. The lowest BCUT2D eigenvalue weighted by Gasteiger charge is -2.10. The quantitative estimate of drug-likeness (QED) is 0.708. The van der Waals surface area contributed by atoms with Crippen molar-refractivity contribution in [3.8, 4) is 0 Å². The Morgan fingerprint density at radius 3 is 2.92 bits per heavy atom. The molecule has 2 N–H and O–H groups in total. The maximum atomic E-state index is 11.2. The summed E-state index contributed by atoms with van der Waals surface area (Å²) in [6, 6.07) is 1.82. The maximum absolute atomic E-state index is 11.2. The van der Waals surface area contributed by atoms with Crippen LogP contribution in [0.1, 0.15) is 26.3 Å². The topological polar surface area (TPSA) is 60.9 Å². The fourth-order valence-corrected chi connectivity index (χ4v) is 0.958. The van der Waals surface area contributed by atoms with E-state index in [9.17, 15) is 4.79 Å². The summed E-state index contributed by atoms with van der Waals surface area (Å²) in [6.07, 6.45) is 2.59. The van der Waals surface area contributed by atoms with Crippen LogP contribution in [0.4, 0.5) is 5.82 Å². The zero-order chi connectivity index (χ0) is 9.14. The molecule has 1 rings (SSSR count). The van der Waals surface area contributed by atoms with Gasteiger partial charge in [-0.05, 0) is 19.4 Å². The molecular formula is C8H13N3O. The average Bonchev–Trinajstić information content (AvgIpc) is 2.03. The second-order valence-corrected chi connectivity index (χ2v) is 2.80. The summed E-state index contributed by atoms with van der Waals surface area (Å²) in [5, 5.41) is 0. The van der Waals surface area contributed by atoms with Crippen LogP contribution in [-0.4, -0.2) is 9.55 Å². The van der Waals surface area contributed by atoms with E-state index in [0.29, 0.717) is 0 Å². The third-order valence-corrected chi connectivity index (χ3v) is 1.92. The molecule has 1 aromatic heterocycles. The van der Waals surface area contributed by atoms with E-state index in [1.54, 1.807) is 16.8 Å². The van der Waals surface area contributed by atoms with Crippen LogP contribution in [-0.2, 0) is 0 Å². The van der Waals surface area contributed by atoms with Crippen LogP contribution >= 0.6 is 0 Å². The molecule has 12 heavy (non-hydrogen) atoms. The van der Waals surface area contributed by atoms with E-state index < -0.39 is 0 Å². The normalized spacial score (nSPS) is 12.8. The van der Waals surface area contributed by atoms with Gasteiger partial charge in [-0.15, -0.1) is 0 Å². The SMILES string of the molecule is CCC(C)n1ccc(N)nc1=O. The second kappa shape index (κ2) is 3.38. The zero-order valence-corrected chi connectivity index (χ0v) is 7.32. The van der Waals surface area contributed by atoms with Gasteiger partial charge in [0, 0.05) is 12.2 Å². The van der Waals surface area contributed by atoms with Crippen LogP contribution in [0.2, 0.25) is 0 Å². The monoisotopic (exact) mass is 167 g/mol. The molecule has 4 nitrogen and oxygen atoms in total. The van der Waals surface area contributed by atoms with Crippen molar-refractivity contribution in [3.05, 3.63) is 22.7 Å². The molecule has 66 valence electrons. The Bertz CT molecular complexity index is 318. The van der Waals surface area contributed by atoms with E-state index in [0.717, 1.165) is 6.42 Å². The zero-order valence-electron chi connectivity index (χ0n) is 7.32. The molecule has 4 heteroatoms. The van der Waals surface area contributed by atoms with E-state index >= 15 is 0 Å². The lowest BCUT2D eigenvalue weighted by Crippen LogP contribution is -2.25. The lowest BCUT2D eigenvalue weighted by molar-refractivity contribution is 0.504. The molecule has 0 fully saturated rings. The van der Waals surface area contributed by atoms with Crippen LogP contribution in [0.3, 0.4) is 0 Å². The lowest BCUT2D eigenvalue weighted by atomic mass is 10.2. The number of hydrogen-bond donors (Lipinski definition) is 1. The van der Waals surface area contributed by atoms with Gasteiger partial charge >= 0.3 is 5.69 Å². The molecule has 0 aliphatic carbocycles. The minimum Gasteiger partial charge on any atom is -0.383 e. The van der Waals surface area contributed by atoms with Crippen LogP contribution in [0.15, 0.2) is 17.1 Å². The van der Waals surface area contributed by atoms with Gasteiger partial charge in [0.05, 0.1) is 0 Å². The van der Waals surface area contributed by atoms with Crippen LogP contribution in [0.25, 0.3) is 0 Å². The van der Waals surface area contributed by atoms with E-state index in [-0.39, 0.29) is 17.5 Å². The molecule has 0 spiro atoms.